The SMILES string of the molecule is COc1cc2c(cc1OC)[C@@H](c1ccccc1[N+](=O)[O-])[NH2+]CC2. The Bertz CT molecular complexity index is 745. The minimum atomic E-state index is -0.321. The van der Waals surface area contributed by atoms with E-state index in [-0.39, 0.29) is 16.7 Å². The van der Waals surface area contributed by atoms with E-state index in [0.29, 0.717) is 17.1 Å². The number of nitrogens with zero attached hydrogens (tertiary/aromatic N) is 1. The molecule has 0 radical (unpaired) electrons. The summed E-state index contributed by atoms with van der Waals surface area (Å²) in [5.41, 5.74) is 3.05. The van der Waals surface area contributed by atoms with Gasteiger partial charge in [0.05, 0.1) is 31.3 Å². The third-order valence-electron chi connectivity index (χ3n) is 4.27. The van der Waals surface area contributed by atoms with Crippen LogP contribution in [-0.4, -0.2) is 25.7 Å². The van der Waals surface area contributed by atoms with Crippen molar-refractivity contribution >= 4 is 5.69 Å². The first-order valence-electron chi connectivity index (χ1n) is 7.47. The Morgan fingerprint density at radius 1 is 1.13 bits per heavy atom. The molecule has 23 heavy (non-hydrogen) atoms. The minimum Gasteiger partial charge on any atom is -0.493 e. The molecule has 120 valence electrons. The Labute approximate surface area is 134 Å². The van der Waals surface area contributed by atoms with Crippen LogP contribution in [0.15, 0.2) is 36.4 Å². The first kappa shape index (κ1) is 15.3. The lowest BCUT2D eigenvalue weighted by atomic mass is 9.88. The summed E-state index contributed by atoms with van der Waals surface area (Å²) in [6.07, 6.45) is 0.896. The Hall–Kier alpha value is -2.60. The van der Waals surface area contributed by atoms with Crippen molar-refractivity contribution in [1.82, 2.24) is 0 Å². The molecule has 1 heterocycles. The molecular weight excluding hydrogens is 296 g/mol. The van der Waals surface area contributed by atoms with E-state index in [0.717, 1.165) is 24.1 Å². The Morgan fingerprint density at radius 2 is 1.83 bits per heavy atom. The fourth-order valence-corrected chi connectivity index (χ4v) is 3.19. The molecule has 0 amide bonds. The van der Waals surface area contributed by atoms with E-state index in [1.165, 1.54) is 0 Å². The van der Waals surface area contributed by atoms with Gasteiger partial charge in [-0.2, -0.15) is 0 Å². The number of ether oxygens (including phenoxy) is 2. The van der Waals surface area contributed by atoms with E-state index in [1.807, 2.05) is 24.3 Å². The molecular formula is C17H19N2O4+. The van der Waals surface area contributed by atoms with Gasteiger partial charge in [0.1, 0.15) is 6.04 Å². The zero-order valence-corrected chi connectivity index (χ0v) is 13.1. The average Bonchev–Trinajstić information content (AvgIpc) is 2.59. The van der Waals surface area contributed by atoms with Crippen molar-refractivity contribution in [1.29, 1.82) is 0 Å². The van der Waals surface area contributed by atoms with Gasteiger partial charge >= 0.3 is 0 Å². The topological polar surface area (TPSA) is 78.2 Å². The molecule has 6 nitrogen and oxygen atoms in total. The third kappa shape index (κ3) is 2.73. The van der Waals surface area contributed by atoms with Crippen molar-refractivity contribution in [2.75, 3.05) is 20.8 Å². The lowest BCUT2D eigenvalue weighted by Crippen LogP contribution is -2.87. The highest BCUT2D eigenvalue weighted by atomic mass is 16.6. The second kappa shape index (κ2) is 6.26. The van der Waals surface area contributed by atoms with Crippen LogP contribution in [0.4, 0.5) is 5.69 Å². The van der Waals surface area contributed by atoms with Gasteiger partial charge < -0.3 is 14.8 Å². The second-order valence-corrected chi connectivity index (χ2v) is 5.47. The number of quaternary nitrogens is 1. The van der Waals surface area contributed by atoms with Gasteiger partial charge in [-0.3, -0.25) is 10.1 Å². The van der Waals surface area contributed by atoms with Crippen molar-refractivity contribution in [2.45, 2.75) is 12.5 Å². The summed E-state index contributed by atoms with van der Waals surface area (Å²) in [6.45, 7) is 0.874. The van der Waals surface area contributed by atoms with Crippen LogP contribution >= 0.6 is 0 Å². The average molecular weight is 315 g/mol. The molecule has 0 aromatic heterocycles. The number of rotatable bonds is 4. The fraction of sp³-hybridized carbons (Fsp3) is 0.294. The van der Waals surface area contributed by atoms with E-state index in [1.54, 1.807) is 26.4 Å². The zero-order valence-electron chi connectivity index (χ0n) is 13.1. The van der Waals surface area contributed by atoms with Crippen molar-refractivity contribution in [2.24, 2.45) is 0 Å². The van der Waals surface area contributed by atoms with Crippen molar-refractivity contribution in [3.63, 3.8) is 0 Å². The molecule has 0 saturated heterocycles. The van der Waals surface area contributed by atoms with E-state index >= 15 is 0 Å². The van der Waals surface area contributed by atoms with E-state index < -0.39 is 0 Å². The molecule has 1 atom stereocenters. The Morgan fingerprint density at radius 3 is 2.52 bits per heavy atom. The predicted octanol–water partition coefficient (Wildman–Crippen LogP) is 1.82. The van der Waals surface area contributed by atoms with Crippen LogP contribution in [0.25, 0.3) is 0 Å². The normalized spacial score (nSPS) is 16.5. The molecule has 2 N–H and O–H groups in total. The molecule has 0 aliphatic carbocycles. The molecule has 0 unspecified atom stereocenters. The summed E-state index contributed by atoms with van der Waals surface area (Å²) in [7, 11) is 3.20. The third-order valence-corrected chi connectivity index (χ3v) is 4.27. The molecule has 2 aromatic carbocycles. The van der Waals surface area contributed by atoms with Gasteiger partial charge in [0, 0.05) is 18.1 Å². The van der Waals surface area contributed by atoms with Gasteiger partial charge in [0.2, 0.25) is 0 Å². The number of hydrogen-bond acceptors (Lipinski definition) is 4. The van der Waals surface area contributed by atoms with Gasteiger partial charge in [0.25, 0.3) is 5.69 Å². The number of benzene rings is 2. The number of methoxy groups -OCH3 is 2. The van der Waals surface area contributed by atoms with Crippen LogP contribution in [0.5, 0.6) is 11.5 Å². The highest BCUT2D eigenvalue weighted by Gasteiger charge is 2.31. The molecule has 6 heteroatoms. The van der Waals surface area contributed by atoms with E-state index in [2.05, 4.69) is 5.32 Å². The molecule has 0 fully saturated rings. The van der Waals surface area contributed by atoms with E-state index in [9.17, 15) is 10.1 Å². The van der Waals surface area contributed by atoms with Crippen molar-refractivity contribution < 1.29 is 19.7 Å². The Balaban J connectivity index is 2.14. The second-order valence-electron chi connectivity index (χ2n) is 5.47. The summed E-state index contributed by atoms with van der Waals surface area (Å²) >= 11 is 0. The minimum absolute atomic E-state index is 0.111. The van der Waals surface area contributed by atoms with Gasteiger partial charge in [0.15, 0.2) is 11.5 Å². The van der Waals surface area contributed by atoms with Gasteiger partial charge in [-0.1, -0.05) is 12.1 Å². The smallest absolute Gasteiger partial charge is 0.278 e. The number of nitro groups is 1. The zero-order chi connectivity index (χ0) is 16.4. The molecule has 1 aliphatic heterocycles. The highest BCUT2D eigenvalue weighted by molar-refractivity contribution is 5.53. The maximum Gasteiger partial charge on any atom is 0.278 e. The molecule has 0 spiro atoms. The largest absolute Gasteiger partial charge is 0.493 e. The van der Waals surface area contributed by atoms with Crippen LogP contribution in [0, 0.1) is 10.1 Å². The van der Waals surface area contributed by atoms with Crippen LogP contribution in [0.2, 0.25) is 0 Å². The lowest BCUT2D eigenvalue weighted by Gasteiger charge is -2.25. The standard InChI is InChI=1S/C17H18N2O4/c1-22-15-9-11-7-8-18-17(13(11)10-16(15)23-2)12-5-3-4-6-14(12)19(20)21/h3-6,9-10,17-18H,7-8H2,1-2H3/p+1/t17-/m1/s1. The highest BCUT2D eigenvalue weighted by Crippen LogP contribution is 2.37. The van der Waals surface area contributed by atoms with Crippen molar-refractivity contribution in [3.05, 3.63) is 63.2 Å². The molecule has 0 bridgehead atoms. The maximum atomic E-state index is 11.3. The van der Waals surface area contributed by atoms with Crippen molar-refractivity contribution in [3.8, 4) is 11.5 Å². The quantitative estimate of drug-likeness (QED) is 0.689. The van der Waals surface area contributed by atoms with Gasteiger partial charge in [-0.25, -0.2) is 0 Å². The fourth-order valence-electron chi connectivity index (χ4n) is 3.19. The monoisotopic (exact) mass is 315 g/mol. The number of nitrogens with two attached hydrogens (primary N) is 1. The summed E-state index contributed by atoms with van der Waals surface area (Å²) in [4.78, 5) is 11.0. The molecule has 2 aromatic rings. The first-order valence-corrected chi connectivity index (χ1v) is 7.47. The molecule has 1 aliphatic rings. The van der Waals surface area contributed by atoms with Crippen LogP contribution in [0.3, 0.4) is 0 Å². The van der Waals surface area contributed by atoms with Gasteiger partial charge in [-0.15, -0.1) is 0 Å². The van der Waals surface area contributed by atoms with Crippen LogP contribution < -0.4 is 14.8 Å². The number of hydrogen-bond donors (Lipinski definition) is 1. The summed E-state index contributed by atoms with van der Waals surface area (Å²) < 4.78 is 10.8. The van der Waals surface area contributed by atoms with E-state index in [4.69, 9.17) is 9.47 Å². The Kier molecular flexibility index (Phi) is 4.16. The van der Waals surface area contributed by atoms with Crippen LogP contribution in [0.1, 0.15) is 22.7 Å². The first-order chi connectivity index (χ1) is 11.2. The maximum absolute atomic E-state index is 11.3. The van der Waals surface area contributed by atoms with Crippen LogP contribution in [-0.2, 0) is 6.42 Å². The number of fused-ring (bicyclic) bond motifs is 1. The summed E-state index contributed by atoms with van der Waals surface area (Å²) in [6, 6.07) is 10.7. The summed E-state index contributed by atoms with van der Waals surface area (Å²) in [5.74, 6) is 1.33. The lowest BCUT2D eigenvalue weighted by molar-refractivity contribution is -0.690. The van der Waals surface area contributed by atoms with Gasteiger partial charge in [-0.05, 0) is 23.8 Å². The summed E-state index contributed by atoms with van der Waals surface area (Å²) in [5, 5.41) is 13.5. The number of para-hydroxylation sites is 1. The number of nitro benzene ring substituents is 1. The molecule has 3 rings (SSSR count). The predicted molar refractivity (Wildman–Crippen MR) is 85.0 cm³/mol. The molecule has 0 saturated carbocycles.